The monoisotopic (exact) mass is 384 g/mol. The Bertz CT molecular complexity index is 881. The summed E-state index contributed by atoms with van der Waals surface area (Å²) in [6.07, 6.45) is 0.984. The molecule has 1 heterocycles. The highest BCUT2D eigenvalue weighted by Gasteiger charge is 2.25. The molecular weight excluding hydrogens is 360 g/mol. The van der Waals surface area contributed by atoms with E-state index in [1.165, 1.54) is 0 Å². The maximum Gasteiger partial charge on any atom is 0.265 e. The zero-order valence-corrected chi connectivity index (χ0v) is 16.3. The smallest absolute Gasteiger partial charge is 0.265 e. The van der Waals surface area contributed by atoms with Crippen LogP contribution in [0.1, 0.15) is 18.9 Å². The standard InChI is InChI=1S/C21H24N2O5/c1-4-9-23-17-11-15(6-8-18(17)28-13-21(23)25)22-20(24)10-14-5-7-16(26-2)12-19(14)27-3/h5-8,11-12H,4,9-10,13H2,1-3H3,(H,22,24). The van der Waals surface area contributed by atoms with Gasteiger partial charge in [-0.3, -0.25) is 9.59 Å². The van der Waals surface area contributed by atoms with Gasteiger partial charge in [0, 0.05) is 23.9 Å². The third-order valence-corrected chi connectivity index (χ3v) is 4.48. The molecule has 0 atom stereocenters. The molecule has 0 saturated carbocycles. The molecule has 2 aromatic carbocycles. The maximum absolute atomic E-state index is 12.5. The van der Waals surface area contributed by atoms with Crippen LogP contribution in [0.25, 0.3) is 0 Å². The van der Waals surface area contributed by atoms with Crippen molar-refractivity contribution >= 4 is 23.2 Å². The number of hydrogen-bond acceptors (Lipinski definition) is 5. The van der Waals surface area contributed by atoms with Crippen LogP contribution in [0, 0.1) is 0 Å². The van der Waals surface area contributed by atoms with Gasteiger partial charge in [-0.2, -0.15) is 0 Å². The van der Waals surface area contributed by atoms with E-state index in [1.807, 2.05) is 6.92 Å². The van der Waals surface area contributed by atoms with E-state index in [0.717, 1.165) is 12.0 Å². The topological polar surface area (TPSA) is 77.1 Å². The lowest BCUT2D eigenvalue weighted by molar-refractivity contribution is -0.121. The molecule has 1 aliphatic heterocycles. The van der Waals surface area contributed by atoms with Crippen molar-refractivity contribution in [3.8, 4) is 17.2 Å². The zero-order chi connectivity index (χ0) is 20.1. The molecule has 0 aromatic heterocycles. The number of ether oxygens (including phenoxy) is 3. The van der Waals surface area contributed by atoms with Crippen LogP contribution in [0.2, 0.25) is 0 Å². The summed E-state index contributed by atoms with van der Waals surface area (Å²) in [4.78, 5) is 26.4. The van der Waals surface area contributed by atoms with E-state index in [4.69, 9.17) is 14.2 Å². The van der Waals surface area contributed by atoms with Gasteiger partial charge in [0.2, 0.25) is 5.91 Å². The Labute approximate surface area is 164 Å². The van der Waals surface area contributed by atoms with E-state index in [-0.39, 0.29) is 24.8 Å². The van der Waals surface area contributed by atoms with E-state index in [1.54, 1.807) is 55.5 Å². The molecule has 0 aliphatic carbocycles. The number of carbonyl (C=O) groups is 2. The van der Waals surface area contributed by atoms with Crippen LogP contribution in [0.3, 0.4) is 0 Å². The molecule has 148 valence electrons. The Kier molecular flexibility index (Phi) is 6.03. The first-order valence-electron chi connectivity index (χ1n) is 9.13. The molecule has 7 nitrogen and oxygen atoms in total. The van der Waals surface area contributed by atoms with Gasteiger partial charge in [-0.1, -0.05) is 13.0 Å². The van der Waals surface area contributed by atoms with Crippen molar-refractivity contribution in [1.29, 1.82) is 0 Å². The minimum atomic E-state index is -0.187. The number of methoxy groups -OCH3 is 2. The fourth-order valence-electron chi connectivity index (χ4n) is 3.12. The lowest BCUT2D eigenvalue weighted by atomic mass is 10.1. The first kappa shape index (κ1) is 19.5. The summed E-state index contributed by atoms with van der Waals surface area (Å²) in [5.41, 5.74) is 2.04. The summed E-state index contributed by atoms with van der Waals surface area (Å²) in [5, 5.41) is 2.88. The third kappa shape index (κ3) is 4.19. The van der Waals surface area contributed by atoms with Crippen molar-refractivity contribution in [1.82, 2.24) is 0 Å². The van der Waals surface area contributed by atoms with Gasteiger partial charge in [-0.15, -0.1) is 0 Å². The molecule has 0 spiro atoms. The maximum atomic E-state index is 12.5. The van der Waals surface area contributed by atoms with Crippen LogP contribution in [0.15, 0.2) is 36.4 Å². The highest BCUT2D eigenvalue weighted by atomic mass is 16.5. The van der Waals surface area contributed by atoms with Crippen LogP contribution in [0.5, 0.6) is 17.2 Å². The first-order chi connectivity index (χ1) is 13.5. The highest BCUT2D eigenvalue weighted by Crippen LogP contribution is 2.35. The summed E-state index contributed by atoms with van der Waals surface area (Å²) in [7, 11) is 3.13. The highest BCUT2D eigenvalue weighted by molar-refractivity contribution is 5.99. The van der Waals surface area contributed by atoms with Crippen LogP contribution < -0.4 is 24.4 Å². The second-order valence-electron chi connectivity index (χ2n) is 6.42. The number of fused-ring (bicyclic) bond motifs is 1. The number of benzene rings is 2. The number of rotatable bonds is 7. The Hall–Kier alpha value is -3.22. The predicted molar refractivity (Wildman–Crippen MR) is 106 cm³/mol. The fraction of sp³-hybridized carbons (Fsp3) is 0.333. The van der Waals surface area contributed by atoms with Gasteiger partial charge in [-0.05, 0) is 30.7 Å². The van der Waals surface area contributed by atoms with E-state index < -0.39 is 0 Å². The number of nitrogens with zero attached hydrogens (tertiary/aromatic N) is 1. The van der Waals surface area contributed by atoms with Gasteiger partial charge < -0.3 is 24.4 Å². The number of hydrogen-bond donors (Lipinski definition) is 1. The Balaban J connectivity index is 1.75. The normalized spacial score (nSPS) is 12.8. The Morgan fingerprint density at radius 1 is 1.18 bits per heavy atom. The Morgan fingerprint density at radius 3 is 2.71 bits per heavy atom. The molecule has 0 radical (unpaired) electrons. The first-order valence-corrected chi connectivity index (χ1v) is 9.13. The molecule has 28 heavy (non-hydrogen) atoms. The van der Waals surface area contributed by atoms with Gasteiger partial charge in [0.15, 0.2) is 6.61 Å². The fourth-order valence-corrected chi connectivity index (χ4v) is 3.12. The van der Waals surface area contributed by atoms with Gasteiger partial charge in [-0.25, -0.2) is 0 Å². The largest absolute Gasteiger partial charge is 0.497 e. The number of carbonyl (C=O) groups excluding carboxylic acids is 2. The van der Waals surface area contributed by atoms with Gasteiger partial charge >= 0.3 is 0 Å². The minimum absolute atomic E-state index is 0.0377. The molecule has 3 rings (SSSR count). The van der Waals surface area contributed by atoms with Crippen molar-refractivity contribution in [2.75, 3.05) is 37.6 Å². The van der Waals surface area contributed by atoms with E-state index in [9.17, 15) is 9.59 Å². The van der Waals surface area contributed by atoms with E-state index >= 15 is 0 Å². The molecule has 1 N–H and O–H groups in total. The average Bonchev–Trinajstić information content (AvgIpc) is 2.70. The summed E-state index contributed by atoms with van der Waals surface area (Å²) >= 11 is 0. The molecule has 2 amide bonds. The van der Waals surface area contributed by atoms with E-state index in [2.05, 4.69) is 5.32 Å². The van der Waals surface area contributed by atoms with Crippen LogP contribution in [-0.2, 0) is 16.0 Å². The van der Waals surface area contributed by atoms with Gasteiger partial charge in [0.05, 0.1) is 26.3 Å². The number of amides is 2. The second kappa shape index (κ2) is 8.65. The lowest BCUT2D eigenvalue weighted by Gasteiger charge is -2.29. The van der Waals surface area contributed by atoms with Crippen molar-refractivity contribution in [2.45, 2.75) is 19.8 Å². The molecule has 0 unspecified atom stereocenters. The average molecular weight is 384 g/mol. The predicted octanol–water partition coefficient (Wildman–Crippen LogP) is 3.02. The molecule has 2 aromatic rings. The summed E-state index contributed by atoms with van der Waals surface area (Å²) in [6, 6.07) is 10.6. The van der Waals surface area contributed by atoms with Crippen molar-refractivity contribution in [3.05, 3.63) is 42.0 Å². The molecule has 7 heteroatoms. The number of nitrogens with one attached hydrogen (secondary N) is 1. The molecule has 0 bridgehead atoms. The summed E-state index contributed by atoms with van der Waals surface area (Å²) in [6.45, 7) is 2.65. The molecule has 0 fully saturated rings. The Morgan fingerprint density at radius 2 is 2.00 bits per heavy atom. The molecule has 0 saturated heterocycles. The van der Waals surface area contributed by atoms with Crippen molar-refractivity contribution in [2.24, 2.45) is 0 Å². The van der Waals surface area contributed by atoms with Gasteiger partial charge in [0.1, 0.15) is 17.2 Å². The molecule has 1 aliphatic rings. The molecular formula is C21H24N2O5. The summed E-state index contributed by atoms with van der Waals surface area (Å²) in [5.74, 6) is 1.63. The zero-order valence-electron chi connectivity index (χ0n) is 16.3. The van der Waals surface area contributed by atoms with Crippen LogP contribution in [-0.4, -0.2) is 39.2 Å². The lowest BCUT2D eigenvalue weighted by Crippen LogP contribution is -2.39. The quantitative estimate of drug-likeness (QED) is 0.794. The van der Waals surface area contributed by atoms with Crippen molar-refractivity contribution < 1.29 is 23.8 Å². The van der Waals surface area contributed by atoms with Crippen LogP contribution in [0.4, 0.5) is 11.4 Å². The van der Waals surface area contributed by atoms with E-state index in [0.29, 0.717) is 35.2 Å². The summed E-state index contributed by atoms with van der Waals surface area (Å²) < 4.78 is 16.0. The van der Waals surface area contributed by atoms with Crippen molar-refractivity contribution in [3.63, 3.8) is 0 Å². The van der Waals surface area contributed by atoms with Gasteiger partial charge in [0.25, 0.3) is 5.91 Å². The SMILES string of the molecule is CCCN1C(=O)COc2ccc(NC(=O)Cc3ccc(OC)cc3OC)cc21. The number of anilines is 2. The third-order valence-electron chi connectivity index (χ3n) is 4.48. The van der Waals surface area contributed by atoms with Crippen LogP contribution >= 0.6 is 0 Å². The minimum Gasteiger partial charge on any atom is -0.497 e. The second-order valence-corrected chi connectivity index (χ2v) is 6.42.